The van der Waals surface area contributed by atoms with E-state index in [1.165, 1.54) is 4.31 Å². The van der Waals surface area contributed by atoms with Crippen molar-refractivity contribution in [3.05, 3.63) is 0 Å². The van der Waals surface area contributed by atoms with Gasteiger partial charge in [-0.25, -0.2) is 4.72 Å². The highest BCUT2D eigenvalue weighted by atomic mass is 32.2. The Labute approximate surface area is 92.2 Å². The highest BCUT2D eigenvalue weighted by molar-refractivity contribution is 7.87. The zero-order valence-electron chi connectivity index (χ0n) is 9.44. The second kappa shape index (κ2) is 5.25. The van der Waals surface area contributed by atoms with Gasteiger partial charge in [-0.1, -0.05) is 6.92 Å². The molecule has 0 spiro atoms. The van der Waals surface area contributed by atoms with Gasteiger partial charge in [0, 0.05) is 25.7 Å². The van der Waals surface area contributed by atoms with Crippen molar-refractivity contribution in [2.24, 2.45) is 11.7 Å². The van der Waals surface area contributed by atoms with Crippen molar-refractivity contribution in [1.29, 1.82) is 0 Å². The second-order valence-corrected chi connectivity index (χ2v) is 5.92. The lowest BCUT2D eigenvalue weighted by molar-refractivity contribution is 0.423. The number of hydrogen-bond donors (Lipinski definition) is 2. The van der Waals surface area contributed by atoms with Crippen molar-refractivity contribution in [2.45, 2.75) is 32.7 Å². The molecular formula is C9H21N3O2S. The van der Waals surface area contributed by atoms with Gasteiger partial charge in [-0.2, -0.15) is 12.7 Å². The van der Waals surface area contributed by atoms with E-state index in [2.05, 4.69) is 4.72 Å². The fourth-order valence-electron chi connectivity index (χ4n) is 1.72. The van der Waals surface area contributed by atoms with Gasteiger partial charge >= 0.3 is 0 Å². The minimum absolute atomic E-state index is 0.0661. The van der Waals surface area contributed by atoms with Crippen LogP contribution in [0.2, 0.25) is 0 Å². The third kappa shape index (κ3) is 3.41. The number of hydrogen-bond acceptors (Lipinski definition) is 3. The molecule has 1 aliphatic rings. The van der Waals surface area contributed by atoms with Crippen LogP contribution in [0.1, 0.15) is 26.7 Å². The summed E-state index contributed by atoms with van der Waals surface area (Å²) in [6, 6.07) is 0.0661. The first-order valence-corrected chi connectivity index (χ1v) is 6.91. The molecule has 0 aromatic heterocycles. The van der Waals surface area contributed by atoms with E-state index in [-0.39, 0.29) is 6.04 Å². The van der Waals surface area contributed by atoms with Gasteiger partial charge in [0.25, 0.3) is 10.2 Å². The van der Waals surface area contributed by atoms with Crippen LogP contribution in [-0.2, 0) is 10.2 Å². The molecule has 0 bridgehead atoms. The lowest BCUT2D eigenvalue weighted by Gasteiger charge is -2.18. The maximum Gasteiger partial charge on any atom is 0.279 e. The Bertz CT molecular complexity index is 290. The van der Waals surface area contributed by atoms with Crippen LogP contribution in [0.25, 0.3) is 0 Å². The predicted octanol–water partition coefficient (Wildman–Crippen LogP) is -0.100. The van der Waals surface area contributed by atoms with E-state index in [9.17, 15) is 8.42 Å². The topological polar surface area (TPSA) is 75.4 Å². The highest BCUT2D eigenvalue weighted by Gasteiger charge is 2.32. The molecule has 1 heterocycles. The van der Waals surface area contributed by atoms with E-state index in [1.807, 2.05) is 13.8 Å². The van der Waals surface area contributed by atoms with Crippen molar-refractivity contribution >= 4 is 10.2 Å². The molecule has 2 unspecified atom stereocenters. The van der Waals surface area contributed by atoms with Crippen LogP contribution in [0.5, 0.6) is 0 Å². The Hall–Kier alpha value is -0.170. The van der Waals surface area contributed by atoms with Crippen LogP contribution in [0.4, 0.5) is 0 Å². The molecule has 0 aliphatic carbocycles. The summed E-state index contributed by atoms with van der Waals surface area (Å²) in [5.74, 6) is 0.295. The monoisotopic (exact) mass is 235 g/mol. The molecule has 3 N–H and O–H groups in total. The van der Waals surface area contributed by atoms with E-state index < -0.39 is 10.2 Å². The minimum Gasteiger partial charge on any atom is -0.328 e. The van der Waals surface area contributed by atoms with Crippen LogP contribution < -0.4 is 10.5 Å². The summed E-state index contributed by atoms with van der Waals surface area (Å²) in [4.78, 5) is 0. The van der Waals surface area contributed by atoms with Crippen LogP contribution >= 0.6 is 0 Å². The number of nitrogens with zero attached hydrogens (tertiary/aromatic N) is 1. The van der Waals surface area contributed by atoms with Gasteiger partial charge in [-0.05, 0) is 25.7 Å². The largest absolute Gasteiger partial charge is 0.328 e. The third-order valence-electron chi connectivity index (χ3n) is 2.81. The Morgan fingerprint density at radius 1 is 1.60 bits per heavy atom. The summed E-state index contributed by atoms with van der Waals surface area (Å²) in [7, 11) is -3.26. The second-order valence-electron chi connectivity index (χ2n) is 4.17. The molecule has 6 heteroatoms. The molecule has 15 heavy (non-hydrogen) atoms. The van der Waals surface area contributed by atoms with E-state index in [0.29, 0.717) is 25.6 Å². The van der Waals surface area contributed by atoms with Gasteiger partial charge in [-0.15, -0.1) is 0 Å². The molecule has 1 aliphatic heterocycles. The highest BCUT2D eigenvalue weighted by Crippen LogP contribution is 2.20. The van der Waals surface area contributed by atoms with Gasteiger partial charge in [0.05, 0.1) is 0 Å². The Morgan fingerprint density at radius 2 is 2.27 bits per heavy atom. The summed E-state index contributed by atoms with van der Waals surface area (Å²) in [5, 5.41) is 0. The first-order chi connectivity index (χ1) is 6.97. The standard InChI is InChI=1S/C9H21N3O2S/c1-3-5-11-15(13,14)12-6-4-9(7-12)8(2)10/h8-9,11H,3-7,10H2,1-2H3. The molecule has 90 valence electrons. The zero-order chi connectivity index (χ0) is 11.5. The van der Waals surface area contributed by atoms with Gasteiger partial charge < -0.3 is 5.73 Å². The fraction of sp³-hybridized carbons (Fsp3) is 1.00. The average molecular weight is 235 g/mol. The van der Waals surface area contributed by atoms with Gasteiger partial charge in [0.1, 0.15) is 0 Å². The SMILES string of the molecule is CCCNS(=O)(=O)N1CCC(C(C)N)C1. The molecule has 0 radical (unpaired) electrons. The van der Waals surface area contributed by atoms with Crippen LogP contribution in [0.3, 0.4) is 0 Å². The summed E-state index contributed by atoms with van der Waals surface area (Å²) < 4.78 is 27.5. The van der Waals surface area contributed by atoms with Crippen molar-refractivity contribution in [3.8, 4) is 0 Å². The Balaban J connectivity index is 2.52. The number of rotatable bonds is 5. The smallest absolute Gasteiger partial charge is 0.279 e. The summed E-state index contributed by atoms with van der Waals surface area (Å²) >= 11 is 0. The van der Waals surface area contributed by atoms with E-state index >= 15 is 0 Å². The minimum atomic E-state index is -3.26. The molecule has 1 rings (SSSR count). The van der Waals surface area contributed by atoms with Crippen molar-refractivity contribution in [2.75, 3.05) is 19.6 Å². The third-order valence-corrected chi connectivity index (χ3v) is 4.39. The van der Waals surface area contributed by atoms with Gasteiger partial charge in [0.15, 0.2) is 0 Å². The fourth-order valence-corrected chi connectivity index (χ4v) is 3.10. The summed E-state index contributed by atoms with van der Waals surface area (Å²) in [6.45, 7) is 5.52. The van der Waals surface area contributed by atoms with Crippen molar-refractivity contribution in [1.82, 2.24) is 9.03 Å². The number of nitrogens with one attached hydrogen (secondary N) is 1. The van der Waals surface area contributed by atoms with E-state index in [4.69, 9.17) is 5.73 Å². The zero-order valence-corrected chi connectivity index (χ0v) is 10.3. The normalized spacial score (nSPS) is 25.7. The van der Waals surface area contributed by atoms with Crippen molar-refractivity contribution in [3.63, 3.8) is 0 Å². The Kier molecular flexibility index (Phi) is 4.51. The average Bonchev–Trinajstić information content (AvgIpc) is 2.64. The molecule has 1 saturated heterocycles. The first-order valence-electron chi connectivity index (χ1n) is 5.47. The van der Waals surface area contributed by atoms with E-state index in [0.717, 1.165) is 12.8 Å². The molecule has 0 aromatic carbocycles. The van der Waals surface area contributed by atoms with Gasteiger partial charge in [-0.3, -0.25) is 0 Å². The maximum absolute atomic E-state index is 11.7. The molecule has 1 fully saturated rings. The molecule has 5 nitrogen and oxygen atoms in total. The quantitative estimate of drug-likeness (QED) is 0.698. The van der Waals surface area contributed by atoms with Crippen LogP contribution in [0.15, 0.2) is 0 Å². The predicted molar refractivity (Wildman–Crippen MR) is 60.5 cm³/mol. The molecule has 0 saturated carbocycles. The molecule has 2 atom stereocenters. The first kappa shape index (κ1) is 12.9. The van der Waals surface area contributed by atoms with Crippen molar-refractivity contribution < 1.29 is 8.42 Å². The van der Waals surface area contributed by atoms with E-state index in [1.54, 1.807) is 0 Å². The maximum atomic E-state index is 11.7. The summed E-state index contributed by atoms with van der Waals surface area (Å²) in [6.07, 6.45) is 1.68. The van der Waals surface area contributed by atoms with Crippen LogP contribution in [0, 0.1) is 5.92 Å². The lowest BCUT2D eigenvalue weighted by atomic mass is 10.0. The lowest BCUT2D eigenvalue weighted by Crippen LogP contribution is -2.40. The number of nitrogens with two attached hydrogens (primary N) is 1. The van der Waals surface area contributed by atoms with Gasteiger partial charge in [0.2, 0.25) is 0 Å². The summed E-state index contributed by atoms with van der Waals surface area (Å²) in [5.41, 5.74) is 5.76. The van der Waals surface area contributed by atoms with Crippen LogP contribution in [-0.4, -0.2) is 38.4 Å². The molecule has 0 amide bonds. The Morgan fingerprint density at radius 3 is 2.73 bits per heavy atom. The molecule has 0 aromatic rings. The molecular weight excluding hydrogens is 214 g/mol.